The minimum absolute atomic E-state index is 0.0201. The van der Waals surface area contributed by atoms with Gasteiger partial charge in [-0.2, -0.15) is 22.0 Å². The lowest BCUT2D eigenvalue weighted by atomic mass is 10.2. The highest BCUT2D eigenvalue weighted by molar-refractivity contribution is 5.89. The Morgan fingerprint density at radius 1 is 1.18 bits per heavy atom. The number of alkyl halides is 5. The summed E-state index contributed by atoms with van der Waals surface area (Å²) in [4.78, 5) is 23.5. The molecule has 0 aromatic carbocycles. The Hall–Kier alpha value is -1.41. The van der Waals surface area contributed by atoms with Crippen LogP contribution in [-0.2, 0) is 14.3 Å². The monoisotopic (exact) mass is 331 g/mol. The number of hydrogen-bond donors (Lipinski definition) is 0. The Morgan fingerprint density at radius 3 is 2.36 bits per heavy atom. The van der Waals surface area contributed by atoms with Crippen LogP contribution in [0.15, 0.2) is 0 Å². The largest absolute Gasteiger partial charge is 0.464 e. The highest BCUT2D eigenvalue weighted by Gasteiger charge is 2.65. The highest BCUT2D eigenvalue weighted by atomic mass is 19.4. The smallest absolute Gasteiger partial charge is 0.463 e. The fraction of sp³-hybridized carbons (Fsp3) is 0.846. The van der Waals surface area contributed by atoms with E-state index in [0.29, 0.717) is 6.42 Å². The van der Waals surface area contributed by atoms with Gasteiger partial charge in [0.1, 0.15) is 6.04 Å². The van der Waals surface area contributed by atoms with Crippen LogP contribution < -0.4 is 0 Å². The van der Waals surface area contributed by atoms with Crippen molar-refractivity contribution in [3.05, 3.63) is 0 Å². The summed E-state index contributed by atoms with van der Waals surface area (Å²) < 4.78 is 67.8. The van der Waals surface area contributed by atoms with Gasteiger partial charge >= 0.3 is 24.0 Å². The minimum Gasteiger partial charge on any atom is -0.464 e. The third-order valence-corrected chi connectivity index (χ3v) is 3.40. The van der Waals surface area contributed by atoms with E-state index < -0.39 is 30.0 Å². The third kappa shape index (κ3) is 4.07. The molecule has 1 aliphatic rings. The lowest BCUT2D eigenvalue weighted by Gasteiger charge is -2.28. The molecule has 1 fully saturated rings. The molecule has 0 aromatic rings. The minimum atomic E-state index is -5.98. The van der Waals surface area contributed by atoms with E-state index in [1.165, 1.54) is 0 Å². The van der Waals surface area contributed by atoms with Gasteiger partial charge in [-0.1, -0.05) is 19.8 Å². The summed E-state index contributed by atoms with van der Waals surface area (Å²) in [7, 11) is 0. The second-order valence-corrected chi connectivity index (χ2v) is 5.10. The molecule has 128 valence electrons. The molecule has 0 aromatic heterocycles. The Bertz CT molecular complexity index is 411. The standard InChI is InChI=1S/C13H18F5NO3/c1-2-3-4-8-22-10(20)9-6-5-7-19(9)11(21)12(14,15)13(16,17)18/h9H,2-8H2,1H3. The van der Waals surface area contributed by atoms with E-state index in [9.17, 15) is 31.5 Å². The van der Waals surface area contributed by atoms with Crippen LogP contribution >= 0.6 is 0 Å². The summed E-state index contributed by atoms with van der Waals surface area (Å²) in [6, 6.07) is -1.37. The molecule has 1 amide bonds. The molecule has 1 rings (SSSR count). The van der Waals surface area contributed by atoms with Gasteiger partial charge in [-0.25, -0.2) is 4.79 Å². The molecule has 9 heteroatoms. The number of halogens is 5. The van der Waals surface area contributed by atoms with Crippen LogP contribution in [-0.4, -0.2) is 48.1 Å². The second-order valence-electron chi connectivity index (χ2n) is 5.10. The van der Waals surface area contributed by atoms with Crippen molar-refractivity contribution in [2.75, 3.05) is 13.2 Å². The first-order valence-electron chi connectivity index (χ1n) is 7.05. The van der Waals surface area contributed by atoms with Gasteiger partial charge in [0, 0.05) is 6.54 Å². The van der Waals surface area contributed by atoms with Gasteiger partial charge in [-0.15, -0.1) is 0 Å². The van der Waals surface area contributed by atoms with Crippen molar-refractivity contribution in [1.82, 2.24) is 4.90 Å². The fourth-order valence-electron chi connectivity index (χ4n) is 2.18. The van der Waals surface area contributed by atoms with E-state index in [1.54, 1.807) is 0 Å². The Balaban J connectivity index is 2.70. The van der Waals surface area contributed by atoms with Crippen LogP contribution in [0.25, 0.3) is 0 Å². The number of esters is 1. The predicted molar refractivity (Wildman–Crippen MR) is 66.2 cm³/mol. The number of likely N-dealkylation sites (tertiary alicyclic amines) is 1. The van der Waals surface area contributed by atoms with Crippen molar-refractivity contribution in [2.45, 2.75) is 57.2 Å². The van der Waals surface area contributed by atoms with Crippen LogP contribution in [0, 0.1) is 0 Å². The molecular weight excluding hydrogens is 313 g/mol. The summed E-state index contributed by atoms with van der Waals surface area (Å²) in [6.07, 6.45) is -3.54. The number of hydrogen-bond acceptors (Lipinski definition) is 3. The molecule has 0 spiro atoms. The van der Waals surface area contributed by atoms with E-state index in [1.807, 2.05) is 6.92 Å². The van der Waals surface area contributed by atoms with Crippen molar-refractivity contribution in [2.24, 2.45) is 0 Å². The summed E-state index contributed by atoms with van der Waals surface area (Å²) in [5, 5.41) is 0. The average molecular weight is 331 g/mol. The van der Waals surface area contributed by atoms with Crippen LogP contribution in [0.5, 0.6) is 0 Å². The number of ether oxygens (including phenoxy) is 1. The van der Waals surface area contributed by atoms with E-state index >= 15 is 0 Å². The maximum Gasteiger partial charge on any atom is 0.463 e. The van der Waals surface area contributed by atoms with Gasteiger partial charge in [-0.3, -0.25) is 4.79 Å². The molecule has 1 unspecified atom stereocenters. The summed E-state index contributed by atoms with van der Waals surface area (Å²) in [5.74, 6) is -8.83. The quantitative estimate of drug-likeness (QED) is 0.427. The lowest BCUT2D eigenvalue weighted by molar-refractivity contribution is -0.274. The zero-order valence-electron chi connectivity index (χ0n) is 12.1. The van der Waals surface area contributed by atoms with E-state index in [2.05, 4.69) is 0 Å². The molecule has 22 heavy (non-hydrogen) atoms. The van der Waals surface area contributed by atoms with Gasteiger partial charge in [0.05, 0.1) is 6.61 Å². The maximum atomic E-state index is 13.1. The molecule has 1 saturated heterocycles. The zero-order valence-corrected chi connectivity index (χ0v) is 12.1. The first-order chi connectivity index (χ1) is 10.1. The number of rotatable bonds is 6. The maximum absolute atomic E-state index is 13.1. The SMILES string of the molecule is CCCCCOC(=O)C1CCCN1C(=O)C(F)(F)C(F)(F)F. The predicted octanol–water partition coefficient (Wildman–Crippen LogP) is 2.91. The van der Waals surface area contributed by atoms with Crippen LogP contribution in [0.2, 0.25) is 0 Å². The van der Waals surface area contributed by atoms with Gasteiger partial charge in [0.2, 0.25) is 0 Å². The van der Waals surface area contributed by atoms with Crippen LogP contribution in [0.1, 0.15) is 39.0 Å². The molecule has 0 bridgehead atoms. The van der Waals surface area contributed by atoms with Crippen molar-refractivity contribution in [1.29, 1.82) is 0 Å². The molecule has 4 nitrogen and oxygen atoms in total. The van der Waals surface area contributed by atoms with Gasteiger partial charge < -0.3 is 9.64 Å². The summed E-state index contributed by atoms with van der Waals surface area (Å²) in [5.41, 5.74) is 0. The van der Waals surface area contributed by atoms with Gasteiger partial charge in [0.15, 0.2) is 0 Å². The van der Waals surface area contributed by atoms with E-state index in [0.717, 1.165) is 12.8 Å². The molecule has 0 radical (unpaired) electrons. The van der Waals surface area contributed by atoms with Crippen LogP contribution in [0.4, 0.5) is 22.0 Å². The number of amides is 1. The summed E-state index contributed by atoms with van der Waals surface area (Å²) >= 11 is 0. The fourth-order valence-corrected chi connectivity index (χ4v) is 2.18. The number of carbonyl (C=O) groups excluding carboxylic acids is 2. The third-order valence-electron chi connectivity index (χ3n) is 3.40. The molecular formula is C13H18F5NO3. The first kappa shape index (κ1) is 18.6. The number of nitrogens with zero attached hydrogens (tertiary/aromatic N) is 1. The number of carbonyl (C=O) groups is 2. The van der Waals surface area contributed by atoms with Crippen molar-refractivity contribution >= 4 is 11.9 Å². The Labute approximate surface area is 124 Å². The first-order valence-corrected chi connectivity index (χ1v) is 7.05. The average Bonchev–Trinajstić information content (AvgIpc) is 2.90. The number of unbranched alkanes of at least 4 members (excludes halogenated alkanes) is 2. The molecule has 0 saturated carbocycles. The molecule has 1 atom stereocenters. The zero-order chi connectivity index (χ0) is 17.0. The second kappa shape index (κ2) is 7.23. The van der Waals surface area contributed by atoms with Crippen molar-refractivity contribution in [3.63, 3.8) is 0 Å². The molecule has 0 aliphatic carbocycles. The lowest BCUT2D eigenvalue weighted by Crippen LogP contribution is -2.55. The van der Waals surface area contributed by atoms with Crippen LogP contribution in [0.3, 0.4) is 0 Å². The van der Waals surface area contributed by atoms with Crippen molar-refractivity contribution in [3.8, 4) is 0 Å². The molecule has 1 heterocycles. The van der Waals surface area contributed by atoms with Gasteiger partial charge in [0.25, 0.3) is 0 Å². The normalized spacial score (nSPS) is 19.4. The highest BCUT2D eigenvalue weighted by Crippen LogP contribution is 2.38. The molecule has 1 aliphatic heterocycles. The van der Waals surface area contributed by atoms with Crippen molar-refractivity contribution < 1.29 is 36.3 Å². The van der Waals surface area contributed by atoms with E-state index in [-0.39, 0.29) is 30.9 Å². The topological polar surface area (TPSA) is 46.6 Å². The summed E-state index contributed by atoms with van der Waals surface area (Å²) in [6.45, 7) is 1.67. The molecule has 0 N–H and O–H groups in total. The Morgan fingerprint density at radius 2 is 1.82 bits per heavy atom. The van der Waals surface area contributed by atoms with Gasteiger partial charge in [-0.05, 0) is 19.3 Å². The van der Waals surface area contributed by atoms with E-state index in [4.69, 9.17) is 4.74 Å². The Kier molecular flexibility index (Phi) is 6.13.